The number of imide groups is 2. The third-order valence-electron chi connectivity index (χ3n) is 2.54. The van der Waals surface area contributed by atoms with Crippen LogP contribution in [0.15, 0.2) is 12.1 Å². The Morgan fingerprint density at radius 3 is 2.58 bits per heavy atom. The van der Waals surface area contributed by atoms with Gasteiger partial charge < -0.3 is 5.73 Å². The number of nitrogens with two attached hydrogens (primary N) is 1. The molecule has 19 heavy (non-hydrogen) atoms. The van der Waals surface area contributed by atoms with Crippen molar-refractivity contribution in [2.24, 2.45) is 5.73 Å². The summed E-state index contributed by atoms with van der Waals surface area (Å²) in [4.78, 5) is 37.9. The molecule has 2 N–H and O–H groups in total. The summed E-state index contributed by atoms with van der Waals surface area (Å²) in [5.74, 6) is 3.99. The maximum atomic E-state index is 11.7. The minimum absolute atomic E-state index is 0.0860. The zero-order chi connectivity index (χ0) is 14.0. The zero-order valence-electron chi connectivity index (χ0n) is 10.2. The van der Waals surface area contributed by atoms with Gasteiger partial charge in [-0.3, -0.25) is 19.4 Å². The number of amides is 4. The summed E-state index contributed by atoms with van der Waals surface area (Å²) in [6, 6.07) is 2.96. The number of urea groups is 1. The van der Waals surface area contributed by atoms with Crippen LogP contribution >= 0.6 is 11.3 Å². The van der Waals surface area contributed by atoms with E-state index in [-0.39, 0.29) is 13.1 Å². The molecule has 0 bridgehead atoms. The molecule has 1 aromatic heterocycles. The summed E-state index contributed by atoms with van der Waals surface area (Å²) in [5.41, 5.74) is 5.27. The Morgan fingerprint density at radius 2 is 2.00 bits per heavy atom. The minimum atomic E-state index is -0.801. The average Bonchev–Trinajstić information content (AvgIpc) is 2.92. The van der Waals surface area contributed by atoms with Crippen LogP contribution in [0.4, 0.5) is 4.79 Å². The molecule has 0 atom stereocenters. The number of hydrogen-bond donors (Lipinski definition) is 1. The van der Waals surface area contributed by atoms with E-state index in [0.717, 1.165) is 19.6 Å². The standard InChI is InChI=1S/C12H11N3O3S/c1-14-10(16)11(17)15(12(14)18)7-9-5-4-8(19-9)3-2-6-13/h4-5H,6-7,13H2,1H3. The number of nitrogens with zero attached hydrogens (tertiary/aromatic N) is 2. The molecule has 1 aromatic rings. The van der Waals surface area contributed by atoms with E-state index in [1.807, 2.05) is 0 Å². The lowest BCUT2D eigenvalue weighted by atomic mass is 10.4. The van der Waals surface area contributed by atoms with Gasteiger partial charge >= 0.3 is 17.8 Å². The van der Waals surface area contributed by atoms with Crippen molar-refractivity contribution in [3.05, 3.63) is 21.9 Å². The van der Waals surface area contributed by atoms with Gasteiger partial charge in [-0.1, -0.05) is 11.8 Å². The second-order valence-electron chi connectivity index (χ2n) is 3.81. The predicted molar refractivity (Wildman–Crippen MR) is 69.0 cm³/mol. The van der Waals surface area contributed by atoms with Crippen molar-refractivity contribution in [3.63, 3.8) is 0 Å². The number of carbonyl (C=O) groups excluding carboxylic acids is 3. The first-order valence-electron chi connectivity index (χ1n) is 5.45. The van der Waals surface area contributed by atoms with Crippen LogP contribution in [0.3, 0.4) is 0 Å². The Hall–Kier alpha value is -2.17. The molecule has 4 amide bonds. The van der Waals surface area contributed by atoms with Crippen molar-refractivity contribution >= 4 is 29.2 Å². The highest BCUT2D eigenvalue weighted by Gasteiger charge is 2.42. The van der Waals surface area contributed by atoms with Crippen LogP contribution in [0.25, 0.3) is 0 Å². The average molecular weight is 277 g/mol. The highest BCUT2D eigenvalue weighted by Crippen LogP contribution is 2.20. The van der Waals surface area contributed by atoms with E-state index in [1.54, 1.807) is 12.1 Å². The Kier molecular flexibility index (Phi) is 3.64. The molecule has 0 spiro atoms. The molecule has 2 rings (SSSR count). The third-order valence-corrected chi connectivity index (χ3v) is 3.53. The molecule has 6 nitrogen and oxygen atoms in total. The molecule has 2 heterocycles. The van der Waals surface area contributed by atoms with Gasteiger partial charge in [0, 0.05) is 11.9 Å². The summed E-state index contributed by atoms with van der Waals surface area (Å²) in [7, 11) is 1.29. The summed E-state index contributed by atoms with van der Waals surface area (Å²) < 4.78 is 0. The van der Waals surface area contributed by atoms with E-state index in [9.17, 15) is 14.4 Å². The number of thiophene rings is 1. The highest BCUT2D eigenvalue weighted by molar-refractivity contribution is 7.12. The van der Waals surface area contributed by atoms with Crippen LogP contribution in [0.1, 0.15) is 9.75 Å². The Bertz CT molecular complexity index is 611. The predicted octanol–water partition coefficient (Wildman–Crippen LogP) is -0.0211. The van der Waals surface area contributed by atoms with Crippen molar-refractivity contribution in [1.29, 1.82) is 0 Å². The highest BCUT2D eigenvalue weighted by atomic mass is 32.1. The molecule has 0 aromatic carbocycles. The molecule has 1 aliphatic heterocycles. The topological polar surface area (TPSA) is 83.7 Å². The van der Waals surface area contributed by atoms with Crippen LogP contribution in [-0.4, -0.2) is 41.2 Å². The number of hydrogen-bond acceptors (Lipinski definition) is 5. The van der Waals surface area contributed by atoms with Gasteiger partial charge in [0.25, 0.3) is 0 Å². The summed E-state index contributed by atoms with van der Waals surface area (Å²) in [6.07, 6.45) is 0. The van der Waals surface area contributed by atoms with E-state index in [1.165, 1.54) is 18.4 Å². The Balaban J connectivity index is 2.13. The smallest absolute Gasteiger partial charge is 0.320 e. The van der Waals surface area contributed by atoms with Gasteiger partial charge in [-0.05, 0) is 12.1 Å². The molecule has 0 aliphatic carbocycles. The Morgan fingerprint density at radius 1 is 1.26 bits per heavy atom. The van der Waals surface area contributed by atoms with Gasteiger partial charge in [0.1, 0.15) is 0 Å². The monoisotopic (exact) mass is 277 g/mol. The SMILES string of the molecule is CN1C(=O)C(=O)N(Cc2ccc(C#CCN)s2)C1=O. The van der Waals surface area contributed by atoms with E-state index < -0.39 is 17.8 Å². The molecule has 98 valence electrons. The summed E-state index contributed by atoms with van der Waals surface area (Å²) in [5, 5.41) is 0. The van der Waals surface area contributed by atoms with Gasteiger partial charge in [0.05, 0.1) is 18.0 Å². The van der Waals surface area contributed by atoms with Crippen LogP contribution < -0.4 is 5.73 Å². The second-order valence-corrected chi connectivity index (χ2v) is 4.98. The molecule has 7 heteroatoms. The van der Waals surface area contributed by atoms with Crippen LogP contribution in [-0.2, 0) is 16.1 Å². The molecule has 0 saturated carbocycles. The van der Waals surface area contributed by atoms with Crippen molar-refractivity contribution in [1.82, 2.24) is 9.80 Å². The first-order valence-corrected chi connectivity index (χ1v) is 6.27. The maximum Gasteiger partial charge on any atom is 0.334 e. The second kappa shape index (κ2) is 5.22. The molecular weight excluding hydrogens is 266 g/mol. The van der Waals surface area contributed by atoms with Crippen LogP contribution in [0, 0.1) is 11.8 Å². The first kappa shape index (κ1) is 13.3. The lowest BCUT2D eigenvalue weighted by Crippen LogP contribution is -2.30. The number of carbonyl (C=O) groups is 3. The fourth-order valence-corrected chi connectivity index (χ4v) is 2.45. The van der Waals surface area contributed by atoms with Gasteiger partial charge in [-0.25, -0.2) is 4.79 Å². The molecule has 1 saturated heterocycles. The molecule has 0 radical (unpaired) electrons. The van der Waals surface area contributed by atoms with Crippen molar-refractivity contribution < 1.29 is 14.4 Å². The molecule has 1 aliphatic rings. The van der Waals surface area contributed by atoms with E-state index >= 15 is 0 Å². The van der Waals surface area contributed by atoms with Crippen molar-refractivity contribution in [2.45, 2.75) is 6.54 Å². The van der Waals surface area contributed by atoms with E-state index in [0.29, 0.717) is 0 Å². The van der Waals surface area contributed by atoms with Gasteiger partial charge in [-0.15, -0.1) is 11.3 Å². The first-order chi connectivity index (χ1) is 9.04. The van der Waals surface area contributed by atoms with Crippen LogP contribution in [0.5, 0.6) is 0 Å². The summed E-state index contributed by atoms with van der Waals surface area (Å²) in [6.45, 7) is 0.359. The maximum absolute atomic E-state index is 11.7. The number of likely N-dealkylation sites (N-methyl/N-ethyl adjacent to an activating group) is 1. The van der Waals surface area contributed by atoms with Crippen molar-refractivity contribution in [2.75, 3.05) is 13.6 Å². The largest absolute Gasteiger partial charge is 0.334 e. The minimum Gasteiger partial charge on any atom is -0.320 e. The van der Waals surface area contributed by atoms with Gasteiger partial charge in [-0.2, -0.15) is 0 Å². The zero-order valence-corrected chi connectivity index (χ0v) is 11.0. The lowest BCUT2D eigenvalue weighted by molar-refractivity contribution is -0.143. The van der Waals surface area contributed by atoms with Gasteiger partial charge in [0.15, 0.2) is 0 Å². The van der Waals surface area contributed by atoms with E-state index in [4.69, 9.17) is 5.73 Å². The van der Waals surface area contributed by atoms with E-state index in [2.05, 4.69) is 11.8 Å². The van der Waals surface area contributed by atoms with Crippen molar-refractivity contribution in [3.8, 4) is 11.8 Å². The fraction of sp³-hybridized carbons (Fsp3) is 0.250. The number of rotatable bonds is 2. The fourth-order valence-electron chi connectivity index (χ4n) is 1.58. The summed E-state index contributed by atoms with van der Waals surface area (Å²) >= 11 is 1.36. The Labute approximate surface area is 113 Å². The van der Waals surface area contributed by atoms with Gasteiger partial charge in [0.2, 0.25) is 0 Å². The lowest BCUT2D eigenvalue weighted by Gasteiger charge is -2.10. The van der Waals surface area contributed by atoms with Crippen LogP contribution in [0.2, 0.25) is 0 Å². The molecular formula is C12H11N3O3S. The molecule has 0 unspecified atom stereocenters. The third kappa shape index (κ3) is 2.50. The molecule has 1 fully saturated rings. The normalized spacial score (nSPS) is 14.9. The quantitative estimate of drug-likeness (QED) is 0.468.